The second-order valence-corrected chi connectivity index (χ2v) is 20.0. The van der Waals surface area contributed by atoms with E-state index in [0.29, 0.717) is 11.8 Å². The third-order valence-corrected chi connectivity index (χ3v) is 12.8. The van der Waals surface area contributed by atoms with Crippen molar-refractivity contribution in [3.8, 4) is 39.1 Å². The molecular weight excluding hydrogens is 761 g/mol. The van der Waals surface area contributed by atoms with Gasteiger partial charge in [-0.15, -0.1) is 0 Å². The van der Waals surface area contributed by atoms with E-state index in [4.69, 9.17) is 0 Å². The quantitative estimate of drug-likeness (QED) is 0.133. The van der Waals surface area contributed by atoms with Crippen LogP contribution in [0.3, 0.4) is 0 Å². The van der Waals surface area contributed by atoms with Crippen LogP contribution >= 0.6 is 0 Å². The Kier molecular flexibility index (Phi) is 11.2. The van der Waals surface area contributed by atoms with Crippen LogP contribution in [0.2, 0.25) is 0 Å². The molecule has 2 nitrogen and oxygen atoms in total. The van der Waals surface area contributed by atoms with Crippen LogP contribution in [0.4, 0.5) is 17.1 Å². The van der Waals surface area contributed by atoms with Crippen LogP contribution in [0.25, 0.3) is 60.9 Å². The van der Waals surface area contributed by atoms with Crippen LogP contribution in [-0.2, 0) is 0 Å². The predicted octanol–water partition coefficient (Wildman–Crippen LogP) is 17.9. The van der Waals surface area contributed by atoms with E-state index in [-0.39, 0.29) is 10.8 Å². The first-order valence-electron chi connectivity index (χ1n) is 22.7. The molecule has 0 N–H and O–H groups in total. The van der Waals surface area contributed by atoms with Crippen LogP contribution in [0, 0.1) is 10.8 Å². The highest BCUT2D eigenvalue weighted by molar-refractivity contribution is 6.11. The van der Waals surface area contributed by atoms with Crippen LogP contribution in [-0.4, -0.2) is 4.57 Å². The van der Waals surface area contributed by atoms with Crippen molar-refractivity contribution < 1.29 is 0 Å². The maximum atomic E-state index is 2.43. The molecule has 314 valence electrons. The Morgan fingerprint density at radius 2 is 0.794 bits per heavy atom. The van der Waals surface area contributed by atoms with E-state index in [9.17, 15) is 0 Å². The molecule has 1 atom stereocenters. The lowest BCUT2D eigenvalue weighted by Gasteiger charge is -2.36. The van der Waals surface area contributed by atoms with Crippen molar-refractivity contribution in [1.82, 2.24) is 4.57 Å². The van der Waals surface area contributed by atoms with Crippen LogP contribution < -0.4 is 4.90 Å². The summed E-state index contributed by atoms with van der Waals surface area (Å²) < 4.78 is 2.43. The van der Waals surface area contributed by atoms with Gasteiger partial charge in [0.15, 0.2) is 0 Å². The van der Waals surface area contributed by atoms with E-state index in [1.165, 1.54) is 72.0 Å². The lowest BCUT2D eigenvalue weighted by atomic mass is 9.69. The van der Waals surface area contributed by atoms with Gasteiger partial charge in [0.1, 0.15) is 0 Å². The van der Waals surface area contributed by atoms with Gasteiger partial charge < -0.3 is 9.47 Å². The normalized spacial score (nSPS) is 12.6. The van der Waals surface area contributed by atoms with Crippen molar-refractivity contribution in [2.24, 2.45) is 10.8 Å². The van der Waals surface area contributed by atoms with Crippen LogP contribution in [0.15, 0.2) is 194 Å². The fourth-order valence-electron chi connectivity index (χ4n) is 9.37. The largest absolute Gasteiger partial charge is 0.311 e. The minimum Gasteiger partial charge on any atom is -0.311 e. The summed E-state index contributed by atoms with van der Waals surface area (Å²) in [5.74, 6) is 0.979. The molecule has 1 aromatic heterocycles. The molecule has 0 radical (unpaired) electrons. The standard InChI is InChI=1S/C61H60N2/c1-42(2)43-27-33-54(34-28-43)63-58-37-31-49(46-21-19-44(20-22-46)45-23-25-48(26-24-45)57(61(6,7)8)41-60(3,4)5)39-55(58)56-40-50(32-38-59(56)63)47-29-35-53(36-30-47)62(51-15-11-9-12-16-51)52-17-13-10-14-18-52/h9-40,42,57H,41H2,1-8H3. The number of hydrogen-bond acceptors (Lipinski definition) is 1. The Hall–Kier alpha value is -6.64. The van der Waals surface area contributed by atoms with Gasteiger partial charge in [-0.1, -0.05) is 177 Å². The Bertz CT molecular complexity index is 2920. The third kappa shape index (κ3) is 8.73. The highest BCUT2D eigenvalue weighted by Gasteiger charge is 2.30. The van der Waals surface area contributed by atoms with Crippen molar-refractivity contribution in [2.75, 3.05) is 4.90 Å². The molecule has 0 bridgehead atoms. The first-order chi connectivity index (χ1) is 30.3. The summed E-state index contributed by atoms with van der Waals surface area (Å²) >= 11 is 0. The molecule has 8 aromatic carbocycles. The molecule has 1 heterocycles. The minimum absolute atomic E-state index is 0.198. The molecule has 2 heteroatoms. The molecule has 0 saturated carbocycles. The lowest BCUT2D eigenvalue weighted by molar-refractivity contribution is 0.229. The maximum Gasteiger partial charge on any atom is 0.0541 e. The predicted molar refractivity (Wildman–Crippen MR) is 272 cm³/mol. The monoisotopic (exact) mass is 820 g/mol. The average molecular weight is 821 g/mol. The molecule has 0 aliphatic rings. The third-order valence-electron chi connectivity index (χ3n) is 12.8. The summed E-state index contributed by atoms with van der Waals surface area (Å²) in [5.41, 5.74) is 17.5. The van der Waals surface area contributed by atoms with E-state index in [1.807, 2.05) is 0 Å². The summed E-state index contributed by atoms with van der Waals surface area (Å²) in [7, 11) is 0. The molecule has 0 saturated heterocycles. The Morgan fingerprint density at radius 1 is 0.413 bits per heavy atom. The zero-order chi connectivity index (χ0) is 43.9. The zero-order valence-electron chi connectivity index (χ0n) is 38.2. The highest BCUT2D eigenvalue weighted by atomic mass is 15.1. The molecule has 0 aliphatic carbocycles. The number of hydrogen-bond donors (Lipinski definition) is 0. The first kappa shape index (κ1) is 41.7. The van der Waals surface area contributed by atoms with Gasteiger partial charge in [0, 0.05) is 33.5 Å². The molecule has 1 unspecified atom stereocenters. The molecule has 9 aromatic rings. The first-order valence-corrected chi connectivity index (χ1v) is 22.7. The number of aromatic nitrogens is 1. The second kappa shape index (κ2) is 16.9. The lowest BCUT2D eigenvalue weighted by Crippen LogP contribution is -2.23. The van der Waals surface area contributed by atoms with Gasteiger partial charge in [-0.3, -0.25) is 0 Å². The van der Waals surface area contributed by atoms with Crippen molar-refractivity contribution in [3.05, 3.63) is 205 Å². The number of para-hydroxylation sites is 2. The maximum absolute atomic E-state index is 2.43. The molecule has 9 rings (SSSR count). The smallest absolute Gasteiger partial charge is 0.0541 e. The number of anilines is 3. The average Bonchev–Trinajstić information content (AvgIpc) is 3.62. The van der Waals surface area contributed by atoms with Gasteiger partial charge in [-0.2, -0.15) is 0 Å². The van der Waals surface area contributed by atoms with Gasteiger partial charge >= 0.3 is 0 Å². The van der Waals surface area contributed by atoms with E-state index >= 15 is 0 Å². The fourth-order valence-corrected chi connectivity index (χ4v) is 9.37. The van der Waals surface area contributed by atoms with Gasteiger partial charge in [0.05, 0.1) is 11.0 Å². The summed E-state index contributed by atoms with van der Waals surface area (Å²) in [6.45, 7) is 18.7. The SMILES string of the molecule is CC(C)c1ccc(-n2c3ccc(-c4ccc(-c5ccc(C(CC(C)(C)C)C(C)(C)C)cc5)cc4)cc3c3cc(-c4ccc(N(c5ccccc5)c5ccccc5)cc4)ccc32)cc1. The molecule has 0 spiro atoms. The molecule has 0 aliphatic heterocycles. The Labute approximate surface area is 375 Å². The molecular formula is C61H60N2. The highest BCUT2D eigenvalue weighted by Crippen LogP contribution is 2.44. The van der Waals surface area contributed by atoms with Crippen LogP contribution in [0.5, 0.6) is 0 Å². The van der Waals surface area contributed by atoms with Gasteiger partial charge in [-0.05, 0) is 146 Å². The van der Waals surface area contributed by atoms with Gasteiger partial charge in [0.2, 0.25) is 0 Å². The number of nitrogens with zero attached hydrogens (tertiary/aromatic N) is 2. The second-order valence-electron chi connectivity index (χ2n) is 20.0. The van der Waals surface area contributed by atoms with Gasteiger partial charge in [0.25, 0.3) is 0 Å². The minimum atomic E-state index is 0.198. The van der Waals surface area contributed by atoms with Gasteiger partial charge in [-0.25, -0.2) is 0 Å². The summed E-state index contributed by atoms with van der Waals surface area (Å²) in [5, 5.41) is 2.49. The van der Waals surface area contributed by atoms with Crippen LogP contribution in [0.1, 0.15) is 84.8 Å². The number of rotatable bonds is 10. The zero-order valence-corrected chi connectivity index (χ0v) is 38.2. The Balaban J connectivity index is 1.08. The fraction of sp³-hybridized carbons (Fsp3) is 0.213. The number of benzene rings is 8. The Morgan fingerprint density at radius 3 is 1.22 bits per heavy atom. The topological polar surface area (TPSA) is 8.17 Å². The van der Waals surface area contributed by atoms with Crippen molar-refractivity contribution in [1.29, 1.82) is 0 Å². The van der Waals surface area contributed by atoms with Crippen molar-refractivity contribution in [3.63, 3.8) is 0 Å². The summed E-state index contributed by atoms with van der Waals surface area (Å²) in [6.07, 6.45) is 1.16. The molecule has 0 fully saturated rings. The van der Waals surface area contributed by atoms with E-state index in [1.54, 1.807) is 0 Å². The van der Waals surface area contributed by atoms with E-state index in [0.717, 1.165) is 23.5 Å². The summed E-state index contributed by atoms with van der Waals surface area (Å²) in [4.78, 5) is 2.31. The molecule has 0 amide bonds. The van der Waals surface area contributed by atoms with E-state index < -0.39 is 0 Å². The summed E-state index contributed by atoms with van der Waals surface area (Å²) in [6, 6.07) is 71.7. The van der Waals surface area contributed by atoms with Crippen molar-refractivity contribution >= 4 is 38.9 Å². The number of fused-ring (bicyclic) bond motifs is 3. The van der Waals surface area contributed by atoms with E-state index in [2.05, 4.69) is 259 Å². The molecule has 63 heavy (non-hydrogen) atoms. The van der Waals surface area contributed by atoms with Crippen molar-refractivity contribution in [2.45, 2.75) is 73.6 Å².